The Bertz CT molecular complexity index is 378. The highest BCUT2D eigenvalue weighted by atomic mass is 35.5. The van der Waals surface area contributed by atoms with Gasteiger partial charge in [0.2, 0.25) is 5.22 Å². The molecule has 96 valence electrons. The monoisotopic (exact) mass is 271 g/mol. The molecule has 0 saturated carbocycles. The molecule has 17 heavy (non-hydrogen) atoms. The number of furan rings is 1. The molecule has 1 aromatic heterocycles. The normalized spacial score (nSPS) is 11.5. The van der Waals surface area contributed by atoms with Gasteiger partial charge < -0.3 is 14.5 Å². The molecule has 0 unspecified atom stereocenters. The molecule has 0 spiro atoms. The molecule has 1 heterocycles. The summed E-state index contributed by atoms with van der Waals surface area (Å²) in [5.41, 5.74) is 0.127. The number of hydrogen-bond acceptors (Lipinski definition) is 3. The summed E-state index contributed by atoms with van der Waals surface area (Å²) in [5.74, 6) is -0.528. The topological polar surface area (TPSA) is 51.5 Å². The Kier molecular flexibility index (Phi) is 4.83. The van der Waals surface area contributed by atoms with Crippen LogP contribution in [0.2, 0.25) is 5.22 Å². The number of carbonyl (C=O) groups is 1. The lowest BCUT2D eigenvalue weighted by Gasteiger charge is -2.08. The summed E-state index contributed by atoms with van der Waals surface area (Å²) < 4.78 is 44.0. The summed E-state index contributed by atoms with van der Waals surface area (Å²) in [6.07, 6.45) is -3.13. The first-order valence-corrected chi connectivity index (χ1v) is 4.93. The van der Waals surface area contributed by atoms with E-state index in [1.54, 1.807) is 0 Å². The predicted molar refractivity (Wildman–Crippen MR) is 52.9 cm³/mol. The van der Waals surface area contributed by atoms with Crippen LogP contribution in [0.25, 0.3) is 0 Å². The number of carbonyl (C=O) groups excluding carboxylic acids is 1. The molecule has 0 saturated heterocycles. The molecule has 0 aliphatic rings. The SMILES string of the molecule is O=C(NCCOCC(F)(F)F)c1ccoc1Cl. The molecule has 1 N–H and O–H groups in total. The van der Waals surface area contributed by atoms with Crippen LogP contribution >= 0.6 is 11.6 Å². The Morgan fingerprint density at radius 1 is 1.53 bits per heavy atom. The minimum absolute atomic E-state index is 0.0452. The Morgan fingerprint density at radius 2 is 2.24 bits per heavy atom. The zero-order valence-electron chi connectivity index (χ0n) is 8.51. The lowest BCUT2D eigenvalue weighted by atomic mass is 10.3. The zero-order chi connectivity index (χ0) is 12.9. The van der Waals surface area contributed by atoms with E-state index < -0.39 is 18.7 Å². The maximum Gasteiger partial charge on any atom is 0.411 e. The molecule has 0 fully saturated rings. The zero-order valence-corrected chi connectivity index (χ0v) is 9.27. The van der Waals surface area contributed by atoms with Gasteiger partial charge in [-0.1, -0.05) is 0 Å². The van der Waals surface area contributed by atoms with E-state index in [1.807, 2.05) is 0 Å². The van der Waals surface area contributed by atoms with Crippen LogP contribution in [-0.4, -0.2) is 31.8 Å². The Morgan fingerprint density at radius 3 is 2.76 bits per heavy atom. The van der Waals surface area contributed by atoms with Crippen LogP contribution in [-0.2, 0) is 4.74 Å². The molecule has 0 radical (unpaired) electrons. The molecule has 0 aliphatic heterocycles. The van der Waals surface area contributed by atoms with Gasteiger partial charge in [-0.2, -0.15) is 13.2 Å². The van der Waals surface area contributed by atoms with Crippen molar-refractivity contribution in [1.82, 2.24) is 5.32 Å². The second-order valence-electron chi connectivity index (χ2n) is 3.03. The average molecular weight is 272 g/mol. The molecule has 1 aromatic rings. The van der Waals surface area contributed by atoms with Gasteiger partial charge in [-0.15, -0.1) is 0 Å². The molecule has 4 nitrogen and oxygen atoms in total. The molecule has 0 aliphatic carbocycles. The van der Waals surface area contributed by atoms with Crippen LogP contribution in [0.4, 0.5) is 13.2 Å². The number of halogens is 4. The van der Waals surface area contributed by atoms with E-state index in [1.165, 1.54) is 12.3 Å². The predicted octanol–water partition coefficient (Wildman–Crippen LogP) is 2.24. The fourth-order valence-corrected chi connectivity index (χ4v) is 1.18. The first-order chi connectivity index (χ1) is 7.90. The maximum absolute atomic E-state index is 11.7. The molecule has 0 bridgehead atoms. The van der Waals surface area contributed by atoms with Crippen molar-refractivity contribution in [1.29, 1.82) is 0 Å². The third-order valence-electron chi connectivity index (χ3n) is 1.66. The molecule has 8 heteroatoms. The molecule has 1 rings (SSSR count). The van der Waals surface area contributed by atoms with E-state index in [-0.39, 0.29) is 23.9 Å². The molecule has 0 atom stereocenters. The van der Waals surface area contributed by atoms with E-state index >= 15 is 0 Å². The van der Waals surface area contributed by atoms with Crippen molar-refractivity contribution in [3.8, 4) is 0 Å². The molecule has 1 amide bonds. The van der Waals surface area contributed by atoms with Gasteiger partial charge in [0.15, 0.2) is 0 Å². The van der Waals surface area contributed by atoms with Gasteiger partial charge >= 0.3 is 6.18 Å². The fraction of sp³-hybridized carbons (Fsp3) is 0.444. The van der Waals surface area contributed by atoms with Crippen LogP contribution < -0.4 is 5.32 Å². The van der Waals surface area contributed by atoms with Crippen molar-refractivity contribution < 1.29 is 27.1 Å². The first-order valence-electron chi connectivity index (χ1n) is 4.56. The van der Waals surface area contributed by atoms with Crippen molar-refractivity contribution in [2.45, 2.75) is 6.18 Å². The highest BCUT2D eigenvalue weighted by molar-refractivity contribution is 6.32. The van der Waals surface area contributed by atoms with E-state index in [9.17, 15) is 18.0 Å². The van der Waals surface area contributed by atoms with Gasteiger partial charge in [-0.25, -0.2) is 0 Å². The Hall–Kier alpha value is -1.21. The van der Waals surface area contributed by atoms with Crippen LogP contribution in [0.1, 0.15) is 10.4 Å². The van der Waals surface area contributed by atoms with Gasteiger partial charge in [0, 0.05) is 6.54 Å². The second kappa shape index (κ2) is 5.92. The van der Waals surface area contributed by atoms with E-state index in [2.05, 4.69) is 14.5 Å². The summed E-state index contributed by atoms with van der Waals surface area (Å²) >= 11 is 5.53. The van der Waals surface area contributed by atoms with E-state index in [0.29, 0.717) is 0 Å². The standard InChI is InChI=1S/C9H9ClF3NO3/c10-7-6(1-3-17-7)8(15)14-2-4-16-5-9(11,12)13/h1,3H,2,4-5H2,(H,14,15). The van der Waals surface area contributed by atoms with Crippen molar-refractivity contribution >= 4 is 17.5 Å². The quantitative estimate of drug-likeness (QED) is 0.836. The van der Waals surface area contributed by atoms with Crippen LogP contribution in [0.15, 0.2) is 16.7 Å². The average Bonchev–Trinajstić information content (AvgIpc) is 2.62. The van der Waals surface area contributed by atoms with Crippen molar-refractivity contribution in [3.05, 3.63) is 23.1 Å². The lowest BCUT2D eigenvalue weighted by Crippen LogP contribution is -2.28. The minimum atomic E-state index is -4.36. The number of alkyl halides is 3. The molecular weight excluding hydrogens is 263 g/mol. The van der Waals surface area contributed by atoms with Crippen molar-refractivity contribution in [3.63, 3.8) is 0 Å². The number of amides is 1. The smallest absolute Gasteiger partial charge is 0.411 e. The summed E-state index contributed by atoms with van der Waals surface area (Å²) in [7, 11) is 0. The van der Waals surface area contributed by atoms with Crippen molar-refractivity contribution in [2.24, 2.45) is 0 Å². The second-order valence-corrected chi connectivity index (χ2v) is 3.37. The fourth-order valence-electron chi connectivity index (χ4n) is 0.976. The largest absolute Gasteiger partial charge is 0.452 e. The number of nitrogens with one attached hydrogen (secondary N) is 1. The first kappa shape index (κ1) is 13.9. The van der Waals surface area contributed by atoms with Crippen LogP contribution in [0.3, 0.4) is 0 Å². The molecule has 0 aromatic carbocycles. The van der Waals surface area contributed by atoms with Gasteiger partial charge in [0.1, 0.15) is 6.61 Å². The number of ether oxygens (including phenoxy) is 1. The summed E-state index contributed by atoms with van der Waals surface area (Å²) in [6, 6.07) is 1.36. The van der Waals surface area contributed by atoms with Gasteiger partial charge in [-0.3, -0.25) is 4.79 Å². The summed E-state index contributed by atoms with van der Waals surface area (Å²) in [4.78, 5) is 11.4. The number of rotatable bonds is 5. The summed E-state index contributed by atoms with van der Waals surface area (Å²) in [5, 5.41) is 2.27. The summed E-state index contributed by atoms with van der Waals surface area (Å²) in [6.45, 7) is -1.62. The maximum atomic E-state index is 11.7. The van der Waals surface area contributed by atoms with E-state index in [4.69, 9.17) is 11.6 Å². The Labute approximate surface area is 99.7 Å². The van der Waals surface area contributed by atoms with Crippen LogP contribution in [0.5, 0.6) is 0 Å². The van der Waals surface area contributed by atoms with Crippen LogP contribution in [0, 0.1) is 0 Å². The number of hydrogen-bond donors (Lipinski definition) is 1. The Balaban J connectivity index is 2.20. The highest BCUT2D eigenvalue weighted by Crippen LogP contribution is 2.16. The molecular formula is C9H9ClF3NO3. The van der Waals surface area contributed by atoms with Gasteiger partial charge in [0.05, 0.1) is 18.4 Å². The minimum Gasteiger partial charge on any atom is -0.452 e. The highest BCUT2D eigenvalue weighted by Gasteiger charge is 2.27. The third-order valence-corrected chi connectivity index (χ3v) is 1.95. The third kappa shape index (κ3) is 5.10. The lowest BCUT2D eigenvalue weighted by molar-refractivity contribution is -0.173. The van der Waals surface area contributed by atoms with E-state index in [0.717, 1.165) is 0 Å². The van der Waals surface area contributed by atoms with Gasteiger partial charge in [0.25, 0.3) is 5.91 Å². The van der Waals surface area contributed by atoms with Crippen molar-refractivity contribution in [2.75, 3.05) is 19.8 Å². The van der Waals surface area contributed by atoms with Gasteiger partial charge in [-0.05, 0) is 17.7 Å².